The van der Waals surface area contributed by atoms with Crippen molar-refractivity contribution in [3.63, 3.8) is 0 Å². The van der Waals surface area contributed by atoms with Gasteiger partial charge in [-0.3, -0.25) is 4.99 Å². The molecule has 0 spiro atoms. The molecule has 0 saturated heterocycles. The van der Waals surface area contributed by atoms with Gasteiger partial charge >= 0.3 is 0 Å². The molecule has 3 aromatic rings. The third-order valence-electron chi connectivity index (χ3n) is 4.54. The molecule has 0 aliphatic rings. The predicted octanol–water partition coefficient (Wildman–Crippen LogP) is 3.79. The molecule has 0 saturated carbocycles. The first-order valence-electron chi connectivity index (χ1n) is 9.24. The highest BCUT2D eigenvalue weighted by Crippen LogP contribution is 2.22. The zero-order valence-corrected chi connectivity index (χ0v) is 19.6. The van der Waals surface area contributed by atoms with Crippen molar-refractivity contribution in [2.45, 2.75) is 13.1 Å². The van der Waals surface area contributed by atoms with Gasteiger partial charge in [-0.25, -0.2) is 4.98 Å². The lowest BCUT2D eigenvalue weighted by atomic mass is 10.1. The SMILES string of the molecule is CN=C(NCc1ccc(OC)cc1)NCc1cc(N(C)C)nc2ccccc12.I. The third kappa shape index (κ3) is 5.96. The van der Waals surface area contributed by atoms with Crippen molar-refractivity contribution in [2.24, 2.45) is 4.99 Å². The highest BCUT2D eigenvalue weighted by Gasteiger charge is 2.08. The van der Waals surface area contributed by atoms with Gasteiger partial charge in [0.05, 0.1) is 12.6 Å². The van der Waals surface area contributed by atoms with E-state index >= 15 is 0 Å². The number of nitrogens with one attached hydrogen (secondary N) is 2. The van der Waals surface area contributed by atoms with E-state index in [0.29, 0.717) is 13.1 Å². The topological polar surface area (TPSA) is 61.8 Å². The highest BCUT2D eigenvalue weighted by atomic mass is 127. The van der Waals surface area contributed by atoms with Crippen molar-refractivity contribution in [1.82, 2.24) is 15.6 Å². The Balaban J connectivity index is 0.00000300. The molecule has 29 heavy (non-hydrogen) atoms. The molecule has 0 radical (unpaired) electrons. The fraction of sp³-hybridized carbons (Fsp3) is 0.273. The van der Waals surface area contributed by atoms with Crippen LogP contribution in [0, 0.1) is 0 Å². The van der Waals surface area contributed by atoms with Crippen molar-refractivity contribution >= 4 is 46.7 Å². The smallest absolute Gasteiger partial charge is 0.191 e. The number of benzene rings is 2. The number of halogens is 1. The van der Waals surface area contributed by atoms with Crippen molar-refractivity contribution in [3.05, 3.63) is 65.7 Å². The Morgan fingerprint density at radius 1 is 1.03 bits per heavy atom. The molecule has 0 aliphatic heterocycles. The lowest BCUT2D eigenvalue weighted by Gasteiger charge is -2.17. The Morgan fingerprint density at radius 3 is 2.38 bits per heavy atom. The summed E-state index contributed by atoms with van der Waals surface area (Å²) in [5, 5.41) is 7.90. The summed E-state index contributed by atoms with van der Waals surface area (Å²) in [6.45, 7) is 1.34. The molecule has 1 aromatic heterocycles. The quantitative estimate of drug-likeness (QED) is 0.303. The highest BCUT2D eigenvalue weighted by molar-refractivity contribution is 14.0. The number of hydrogen-bond acceptors (Lipinski definition) is 4. The second-order valence-corrected chi connectivity index (χ2v) is 6.68. The largest absolute Gasteiger partial charge is 0.497 e. The van der Waals surface area contributed by atoms with E-state index in [4.69, 9.17) is 9.72 Å². The molecule has 7 heteroatoms. The molecule has 3 rings (SSSR count). The maximum absolute atomic E-state index is 5.20. The van der Waals surface area contributed by atoms with Gasteiger partial charge in [0.1, 0.15) is 11.6 Å². The van der Waals surface area contributed by atoms with Crippen LogP contribution in [0.1, 0.15) is 11.1 Å². The summed E-state index contributed by atoms with van der Waals surface area (Å²) in [6.07, 6.45) is 0. The minimum Gasteiger partial charge on any atom is -0.497 e. The summed E-state index contributed by atoms with van der Waals surface area (Å²) in [6, 6.07) is 18.3. The van der Waals surface area contributed by atoms with Crippen LogP contribution < -0.4 is 20.3 Å². The number of guanidine groups is 1. The summed E-state index contributed by atoms with van der Waals surface area (Å²) in [7, 11) is 7.45. The number of aliphatic imine (C=N–C) groups is 1. The van der Waals surface area contributed by atoms with E-state index in [9.17, 15) is 0 Å². The number of ether oxygens (including phenoxy) is 1. The summed E-state index contributed by atoms with van der Waals surface area (Å²) in [5.74, 6) is 2.55. The lowest BCUT2D eigenvalue weighted by Crippen LogP contribution is -2.36. The summed E-state index contributed by atoms with van der Waals surface area (Å²) < 4.78 is 5.20. The predicted molar refractivity (Wildman–Crippen MR) is 132 cm³/mol. The number of nitrogens with zero attached hydrogens (tertiary/aromatic N) is 3. The van der Waals surface area contributed by atoms with Crippen LogP contribution in [0.25, 0.3) is 10.9 Å². The number of methoxy groups -OCH3 is 1. The zero-order valence-electron chi connectivity index (χ0n) is 17.3. The number of aromatic nitrogens is 1. The average molecular weight is 505 g/mol. The number of anilines is 1. The average Bonchev–Trinajstić information content (AvgIpc) is 2.73. The molecule has 0 fully saturated rings. The normalized spacial score (nSPS) is 11.0. The minimum atomic E-state index is 0. The van der Waals surface area contributed by atoms with Crippen LogP contribution in [0.4, 0.5) is 5.82 Å². The molecule has 0 aliphatic carbocycles. The molecule has 154 valence electrons. The van der Waals surface area contributed by atoms with Gasteiger partial charge in [0.15, 0.2) is 5.96 Å². The number of fused-ring (bicyclic) bond motifs is 1. The second-order valence-electron chi connectivity index (χ2n) is 6.68. The number of para-hydroxylation sites is 1. The van der Waals surface area contributed by atoms with Crippen LogP contribution in [-0.4, -0.2) is 39.2 Å². The fourth-order valence-electron chi connectivity index (χ4n) is 2.94. The van der Waals surface area contributed by atoms with Gasteiger partial charge in [-0.2, -0.15) is 0 Å². The van der Waals surface area contributed by atoms with Gasteiger partial charge in [-0.1, -0.05) is 30.3 Å². The second kappa shape index (κ2) is 10.8. The van der Waals surface area contributed by atoms with Crippen molar-refractivity contribution in [3.8, 4) is 5.75 Å². The van der Waals surface area contributed by atoms with Gasteiger partial charge in [0.25, 0.3) is 0 Å². The first-order valence-corrected chi connectivity index (χ1v) is 9.24. The number of pyridine rings is 1. The fourth-order valence-corrected chi connectivity index (χ4v) is 2.94. The Morgan fingerprint density at radius 2 is 1.72 bits per heavy atom. The van der Waals surface area contributed by atoms with Crippen LogP contribution in [0.5, 0.6) is 5.75 Å². The molecule has 0 bridgehead atoms. The first kappa shape index (κ1) is 22.7. The van der Waals surface area contributed by atoms with Gasteiger partial charge < -0.3 is 20.3 Å². The van der Waals surface area contributed by atoms with Crippen molar-refractivity contribution in [1.29, 1.82) is 0 Å². The van der Waals surface area contributed by atoms with Crippen LogP contribution in [0.3, 0.4) is 0 Å². The van der Waals surface area contributed by atoms with Crippen LogP contribution in [0.2, 0.25) is 0 Å². The Labute approximate surface area is 189 Å². The Hall–Kier alpha value is -2.55. The molecule has 2 aromatic carbocycles. The Bertz CT molecular complexity index is 957. The van der Waals surface area contributed by atoms with E-state index < -0.39 is 0 Å². The van der Waals surface area contributed by atoms with E-state index in [1.807, 2.05) is 61.5 Å². The van der Waals surface area contributed by atoms with Crippen LogP contribution >= 0.6 is 24.0 Å². The Kier molecular flexibility index (Phi) is 8.50. The number of hydrogen-bond donors (Lipinski definition) is 2. The number of rotatable bonds is 6. The maximum Gasteiger partial charge on any atom is 0.191 e. The zero-order chi connectivity index (χ0) is 19.9. The van der Waals surface area contributed by atoms with Crippen LogP contribution in [0.15, 0.2) is 59.6 Å². The maximum atomic E-state index is 5.20. The molecule has 6 nitrogen and oxygen atoms in total. The van der Waals surface area contributed by atoms with Gasteiger partial charge in [-0.15, -0.1) is 24.0 Å². The van der Waals surface area contributed by atoms with Gasteiger partial charge in [-0.05, 0) is 35.4 Å². The van der Waals surface area contributed by atoms with Crippen molar-refractivity contribution < 1.29 is 4.74 Å². The standard InChI is InChI=1S/C22H27N5O.HI/c1-23-22(24-14-16-9-11-18(28-4)12-10-16)25-15-17-13-21(27(2)3)26-20-8-6-5-7-19(17)20;/h5-13H,14-15H2,1-4H3,(H2,23,24,25);1H. The monoisotopic (exact) mass is 505 g/mol. The van der Waals surface area contributed by atoms with Crippen LogP contribution in [-0.2, 0) is 13.1 Å². The molecule has 0 unspecified atom stereocenters. The van der Waals surface area contributed by atoms with E-state index in [-0.39, 0.29) is 24.0 Å². The summed E-state index contributed by atoms with van der Waals surface area (Å²) in [5.41, 5.74) is 3.33. The van der Waals surface area contributed by atoms with Gasteiger partial charge in [0, 0.05) is 39.6 Å². The molecule has 0 amide bonds. The van der Waals surface area contributed by atoms with E-state index in [2.05, 4.69) is 27.8 Å². The minimum absolute atomic E-state index is 0. The molecule has 2 N–H and O–H groups in total. The van der Waals surface area contributed by atoms with Gasteiger partial charge in [0.2, 0.25) is 0 Å². The van der Waals surface area contributed by atoms with E-state index in [0.717, 1.165) is 34.0 Å². The molecular formula is C22H28IN5O. The third-order valence-corrected chi connectivity index (χ3v) is 4.54. The lowest BCUT2D eigenvalue weighted by molar-refractivity contribution is 0.414. The molecule has 1 heterocycles. The van der Waals surface area contributed by atoms with Crippen molar-refractivity contribution in [2.75, 3.05) is 33.2 Å². The summed E-state index contributed by atoms with van der Waals surface area (Å²) in [4.78, 5) is 11.1. The van der Waals surface area contributed by atoms with E-state index in [1.165, 1.54) is 5.56 Å². The summed E-state index contributed by atoms with van der Waals surface area (Å²) >= 11 is 0. The molecule has 0 atom stereocenters. The first-order chi connectivity index (χ1) is 13.6. The molecular weight excluding hydrogens is 477 g/mol. The van der Waals surface area contributed by atoms with E-state index in [1.54, 1.807) is 14.2 Å².